The molecule has 0 aliphatic heterocycles. The summed E-state index contributed by atoms with van der Waals surface area (Å²) in [6, 6.07) is 3.53. The second-order valence-electron chi connectivity index (χ2n) is 4.64. The number of rotatable bonds is 9. The first-order valence-corrected chi connectivity index (χ1v) is 7.41. The number of nitrogens with one attached hydrogen (secondary N) is 2. The average molecular weight is 278 g/mol. The van der Waals surface area contributed by atoms with Crippen LogP contribution >= 0.6 is 0 Å². The molecule has 0 atom stereocenters. The van der Waals surface area contributed by atoms with Gasteiger partial charge in [-0.15, -0.1) is 0 Å². The maximum absolute atomic E-state index is 12.0. The van der Waals surface area contributed by atoms with Gasteiger partial charge in [-0.1, -0.05) is 20.8 Å². The van der Waals surface area contributed by atoms with Crippen molar-refractivity contribution in [3.8, 4) is 0 Å². The van der Waals surface area contributed by atoms with E-state index in [1.165, 1.54) is 0 Å². The van der Waals surface area contributed by atoms with Crippen LogP contribution < -0.4 is 10.6 Å². The second-order valence-corrected chi connectivity index (χ2v) is 4.64. The molecular formula is C15H26N4O. The van der Waals surface area contributed by atoms with Crippen LogP contribution in [0.4, 0.5) is 5.82 Å². The molecule has 1 amide bonds. The van der Waals surface area contributed by atoms with Crippen LogP contribution in [0.25, 0.3) is 0 Å². The van der Waals surface area contributed by atoms with Gasteiger partial charge < -0.3 is 15.5 Å². The van der Waals surface area contributed by atoms with Crippen molar-refractivity contribution >= 4 is 11.7 Å². The van der Waals surface area contributed by atoms with E-state index in [4.69, 9.17) is 0 Å². The lowest BCUT2D eigenvalue weighted by Crippen LogP contribution is -2.34. The van der Waals surface area contributed by atoms with Crippen molar-refractivity contribution in [2.24, 2.45) is 0 Å². The predicted octanol–water partition coefficient (Wildman–Crippen LogP) is 1.98. The molecule has 1 rings (SSSR count). The summed E-state index contributed by atoms with van der Waals surface area (Å²) in [5.74, 6) is 0.711. The fourth-order valence-corrected chi connectivity index (χ4v) is 1.89. The van der Waals surface area contributed by atoms with E-state index in [1.807, 2.05) is 0 Å². The summed E-state index contributed by atoms with van der Waals surface area (Å²) in [6.07, 6.45) is 2.69. The van der Waals surface area contributed by atoms with E-state index in [-0.39, 0.29) is 5.91 Å². The number of nitrogens with zero attached hydrogens (tertiary/aromatic N) is 2. The van der Waals surface area contributed by atoms with Gasteiger partial charge in [0, 0.05) is 31.4 Å². The maximum Gasteiger partial charge on any atom is 0.251 e. The second kappa shape index (κ2) is 9.31. The minimum atomic E-state index is -0.0425. The van der Waals surface area contributed by atoms with E-state index in [2.05, 4.69) is 41.3 Å². The number of anilines is 1. The molecule has 0 aliphatic rings. The van der Waals surface area contributed by atoms with Crippen molar-refractivity contribution < 1.29 is 4.79 Å². The van der Waals surface area contributed by atoms with E-state index in [0.717, 1.165) is 38.4 Å². The van der Waals surface area contributed by atoms with Crippen LogP contribution in [0.3, 0.4) is 0 Å². The molecule has 0 bridgehead atoms. The maximum atomic E-state index is 12.0. The molecule has 5 nitrogen and oxygen atoms in total. The zero-order chi connectivity index (χ0) is 14.8. The molecule has 1 heterocycles. The number of likely N-dealkylation sites (N-methyl/N-ethyl adjacent to an activating group) is 1. The van der Waals surface area contributed by atoms with Gasteiger partial charge in [0.1, 0.15) is 5.82 Å². The molecular weight excluding hydrogens is 252 g/mol. The topological polar surface area (TPSA) is 57.3 Å². The Morgan fingerprint density at radius 3 is 2.65 bits per heavy atom. The van der Waals surface area contributed by atoms with Crippen molar-refractivity contribution in [3.63, 3.8) is 0 Å². The Kier molecular flexibility index (Phi) is 7.65. The molecule has 0 aromatic carbocycles. The zero-order valence-electron chi connectivity index (χ0n) is 12.8. The van der Waals surface area contributed by atoms with Gasteiger partial charge in [0.15, 0.2) is 0 Å². The Bertz CT molecular complexity index is 405. The fourth-order valence-electron chi connectivity index (χ4n) is 1.89. The smallest absolute Gasteiger partial charge is 0.251 e. The van der Waals surface area contributed by atoms with E-state index in [1.54, 1.807) is 18.3 Å². The Balaban J connectivity index is 2.46. The molecule has 20 heavy (non-hydrogen) atoms. The first-order chi connectivity index (χ1) is 9.71. The number of aromatic nitrogens is 1. The molecule has 0 unspecified atom stereocenters. The number of hydrogen-bond donors (Lipinski definition) is 2. The van der Waals surface area contributed by atoms with E-state index < -0.39 is 0 Å². The Morgan fingerprint density at radius 2 is 2.00 bits per heavy atom. The van der Waals surface area contributed by atoms with Gasteiger partial charge in [-0.3, -0.25) is 4.79 Å². The van der Waals surface area contributed by atoms with Gasteiger partial charge in [-0.2, -0.15) is 0 Å². The standard InChI is InChI=1S/C15H26N4O/c1-4-8-16-14-12-13(7-9-17-14)15(20)18-10-11-19(5-2)6-3/h7,9,12H,4-6,8,10-11H2,1-3H3,(H,16,17)(H,18,20). The molecule has 112 valence electrons. The van der Waals surface area contributed by atoms with Crippen molar-refractivity contribution in [1.82, 2.24) is 15.2 Å². The monoisotopic (exact) mass is 278 g/mol. The van der Waals surface area contributed by atoms with Gasteiger partial charge >= 0.3 is 0 Å². The predicted molar refractivity (Wildman–Crippen MR) is 83.1 cm³/mol. The summed E-state index contributed by atoms with van der Waals surface area (Å²) in [7, 11) is 0. The van der Waals surface area contributed by atoms with E-state index >= 15 is 0 Å². The Morgan fingerprint density at radius 1 is 1.25 bits per heavy atom. The van der Waals surface area contributed by atoms with Gasteiger partial charge in [0.05, 0.1) is 0 Å². The number of carbonyl (C=O) groups is 1. The lowest BCUT2D eigenvalue weighted by molar-refractivity contribution is 0.0949. The van der Waals surface area contributed by atoms with Gasteiger partial charge in [0.25, 0.3) is 5.91 Å². The van der Waals surface area contributed by atoms with E-state index in [0.29, 0.717) is 12.1 Å². The quantitative estimate of drug-likeness (QED) is 0.725. The number of amides is 1. The highest BCUT2D eigenvalue weighted by atomic mass is 16.1. The summed E-state index contributed by atoms with van der Waals surface area (Å²) < 4.78 is 0. The van der Waals surface area contributed by atoms with Crippen LogP contribution in [-0.4, -0.2) is 48.5 Å². The van der Waals surface area contributed by atoms with Crippen molar-refractivity contribution in [3.05, 3.63) is 23.9 Å². The highest BCUT2D eigenvalue weighted by Gasteiger charge is 2.07. The van der Waals surface area contributed by atoms with Gasteiger partial charge in [-0.25, -0.2) is 4.98 Å². The number of carbonyl (C=O) groups excluding carboxylic acids is 1. The molecule has 5 heteroatoms. The zero-order valence-corrected chi connectivity index (χ0v) is 12.8. The molecule has 2 N–H and O–H groups in total. The summed E-state index contributed by atoms with van der Waals surface area (Å²) >= 11 is 0. The highest BCUT2D eigenvalue weighted by Crippen LogP contribution is 2.06. The van der Waals surface area contributed by atoms with Crippen LogP contribution in [0, 0.1) is 0 Å². The third-order valence-corrected chi connectivity index (χ3v) is 3.19. The Hall–Kier alpha value is -1.62. The van der Waals surface area contributed by atoms with Crippen LogP contribution in [-0.2, 0) is 0 Å². The SMILES string of the molecule is CCCNc1cc(C(=O)NCCN(CC)CC)ccn1. The van der Waals surface area contributed by atoms with Crippen LogP contribution in [0.15, 0.2) is 18.3 Å². The summed E-state index contributed by atoms with van der Waals surface area (Å²) in [5, 5.41) is 6.13. The molecule has 1 aromatic heterocycles. The highest BCUT2D eigenvalue weighted by molar-refractivity contribution is 5.94. The number of pyridine rings is 1. The third kappa shape index (κ3) is 5.57. The van der Waals surface area contributed by atoms with Gasteiger partial charge in [-0.05, 0) is 31.6 Å². The molecule has 0 saturated heterocycles. The normalized spacial score (nSPS) is 10.6. The summed E-state index contributed by atoms with van der Waals surface area (Å²) in [6.45, 7) is 10.8. The molecule has 0 fully saturated rings. The molecule has 0 saturated carbocycles. The van der Waals surface area contributed by atoms with E-state index in [9.17, 15) is 4.79 Å². The fraction of sp³-hybridized carbons (Fsp3) is 0.600. The molecule has 1 aromatic rings. The van der Waals surface area contributed by atoms with Crippen molar-refractivity contribution in [1.29, 1.82) is 0 Å². The third-order valence-electron chi connectivity index (χ3n) is 3.19. The molecule has 0 spiro atoms. The van der Waals surface area contributed by atoms with Gasteiger partial charge in [0.2, 0.25) is 0 Å². The largest absolute Gasteiger partial charge is 0.370 e. The molecule has 0 aliphatic carbocycles. The van der Waals surface area contributed by atoms with Crippen LogP contribution in [0.1, 0.15) is 37.6 Å². The first-order valence-electron chi connectivity index (χ1n) is 7.41. The first kappa shape index (κ1) is 16.4. The van der Waals surface area contributed by atoms with Crippen molar-refractivity contribution in [2.75, 3.05) is 38.0 Å². The summed E-state index contributed by atoms with van der Waals surface area (Å²) in [5.41, 5.74) is 0.651. The lowest BCUT2D eigenvalue weighted by Gasteiger charge is -2.18. The lowest BCUT2D eigenvalue weighted by atomic mass is 10.2. The minimum Gasteiger partial charge on any atom is -0.370 e. The average Bonchev–Trinajstić information content (AvgIpc) is 2.49. The molecule has 0 radical (unpaired) electrons. The van der Waals surface area contributed by atoms with Crippen molar-refractivity contribution in [2.45, 2.75) is 27.2 Å². The minimum absolute atomic E-state index is 0.0425. The Labute approximate surface area is 121 Å². The van der Waals surface area contributed by atoms with Crippen LogP contribution in [0.5, 0.6) is 0 Å². The summed E-state index contributed by atoms with van der Waals surface area (Å²) in [4.78, 5) is 18.5. The van der Waals surface area contributed by atoms with Crippen LogP contribution in [0.2, 0.25) is 0 Å². The number of hydrogen-bond acceptors (Lipinski definition) is 4.